The van der Waals surface area contributed by atoms with E-state index in [9.17, 15) is 0 Å². The Kier molecular flexibility index (Phi) is 4.35. The van der Waals surface area contributed by atoms with Crippen LogP contribution >= 0.6 is 38.9 Å². The quantitative estimate of drug-likeness (QED) is 0.718. The molecule has 0 spiro atoms. The molecule has 0 saturated heterocycles. The van der Waals surface area contributed by atoms with Crippen LogP contribution in [0.5, 0.6) is 0 Å². The van der Waals surface area contributed by atoms with E-state index in [1.807, 2.05) is 48.5 Å². The number of halogens is 2. The molecule has 0 amide bonds. The number of benzene rings is 2. The van der Waals surface area contributed by atoms with Gasteiger partial charge in [-0.15, -0.1) is 10.2 Å². The molecule has 1 aromatic heterocycles. The number of hydrogen-bond acceptors (Lipinski definition) is 4. The zero-order valence-electron chi connectivity index (χ0n) is 10.8. The number of nitrogens with zero attached hydrogens (tertiary/aromatic N) is 2. The highest BCUT2D eigenvalue weighted by atomic mass is 79.9. The minimum absolute atomic E-state index is 0.272. The molecular weight excluding hydrogens is 370 g/mol. The van der Waals surface area contributed by atoms with Gasteiger partial charge in [0, 0.05) is 10.0 Å². The van der Waals surface area contributed by atoms with Crippen molar-refractivity contribution in [2.45, 2.75) is 6.04 Å². The standard InChI is InChI=1S/C15H11BrClN3S/c16-10-6-7-11(12(17)8-10)14-19-20-15(21-14)13(18)9-4-2-1-3-5-9/h1-8,13H,18H2. The Morgan fingerprint density at radius 1 is 1.10 bits per heavy atom. The molecule has 0 aliphatic heterocycles. The predicted octanol–water partition coefficient (Wildman–Crippen LogP) is 4.67. The maximum atomic E-state index is 6.25. The van der Waals surface area contributed by atoms with Gasteiger partial charge in [0.1, 0.15) is 10.0 Å². The summed E-state index contributed by atoms with van der Waals surface area (Å²) in [5, 5.41) is 10.6. The van der Waals surface area contributed by atoms with Gasteiger partial charge in [-0.25, -0.2) is 0 Å². The molecule has 2 N–H and O–H groups in total. The van der Waals surface area contributed by atoms with Crippen molar-refractivity contribution in [3.05, 3.63) is 68.6 Å². The van der Waals surface area contributed by atoms with Crippen LogP contribution in [0.2, 0.25) is 5.02 Å². The Morgan fingerprint density at radius 2 is 1.86 bits per heavy atom. The lowest BCUT2D eigenvalue weighted by Crippen LogP contribution is -2.11. The molecule has 21 heavy (non-hydrogen) atoms. The second kappa shape index (κ2) is 6.23. The first kappa shape index (κ1) is 14.7. The van der Waals surface area contributed by atoms with Gasteiger partial charge in [-0.1, -0.05) is 69.2 Å². The molecule has 106 valence electrons. The molecule has 3 rings (SSSR count). The topological polar surface area (TPSA) is 51.8 Å². The number of hydrogen-bond donors (Lipinski definition) is 1. The van der Waals surface area contributed by atoms with Crippen LogP contribution < -0.4 is 5.73 Å². The zero-order chi connectivity index (χ0) is 14.8. The molecule has 0 aliphatic carbocycles. The van der Waals surface area contributed by atoms with Gasteiger partial charge in [0.25, 0.3) is 0 Å². The van der Waals surface area contributed by atoms with Gasteiger partial charge in [-0.3, -0.25) is 0 Å². The fraction of sp³-hybridized carbons (Fsp3) is 0.0667. The van der Waals surface area contributed by atoms with Crippen molar-refractivity contribution in [3.63, 3.8) is 0 Å². The second-order valence-electron chi connectivity index (χ2n) is 4.46. The molecule has 3 nitrogen and oxygen atoms in total. The van der Waals surface area contributed by atoms with E-state index in [0.29, 0.717) is 5.02 Å². The monoisotopic (exact) mass is 379 g/mol. The summed E-state index contributed by atoms with van der Waals surface area (Å²) in [4.78, 5) is 0. The molecular formula is C15H11BrClN3S. The summed E-state index contributed by atoms with van der Waals surface area (Å²) in [5.41, 5.74) is 8.12. The number of aromatic nitrogens is 2. The van der Waals surface area contributed by atoms with Crippen LogP contribution in [0.25, 0.3) is 10.6 Å². The van der Waals surface area contributed by atoms with Crippen molar-refractivity contribution in [3.8, 4) is 10.6 Å². The van der Waals surface area contributed by atoms with Crippen LogP contribution in [0.15, 0.2) is 53.0 Å². The molecule has 1 unspecified atom stereocenters. The Bertz CT molecular complexity index is 761. The maximum Gasteiger partial charge on any atom is 0.149 e. The number of nitrogens with two attached hydrogens (primary N) is 1. The van der Waals surface area contributed by atoms with Crippen LogP contribution in [0.3, 0.4) is 0 Å². The van der Waals surface area contributed by atoms with Crippen molar-refractivity contribution in [1.29, 1.82) is 0 Å². The minimum Gasteiger partial charge on any atom is -0.318 e. The summed E-state index contributed by atoms with van der Waals surface area (Å²) in [6.45, 7) is 0. The van der Waals surface area contributed by atoms with Crippen LogP contribution in [0, 0.1) is 0 Å². The molecule has 6 heteroatoms. The number of rotatable bonds is 3. The Morgan fingerprint density at radius 3 is 2.57 bits per heavy atom. The fourth-order valence-corrected chi connectivity index (χ4v) is 3.67. The van der Waals surface area contributed by atoms with E-state index in [4.69, 9.17) is 17.3 Å². The third-order valence-corrected chi connectivity index (χ3v) is 4.87. The maximum absolute atomic E-state index is 6.25. The van der Waals surface area contributed by atoms with Gasteiger partial charge < -0.3 is 5.73 Å². The van der Waals surface area contributed by atoms with Crippen LogP contribution in [-0.4, -0.2) is 10.2 Å². The average Bonchev–Trinajstić information content (AvgIpc) is 2.97. The molecule has 1 heterocycles. The highest BCUT2D eigenvalue weighted by molar-refractivity contribution is 9.10. The lowest BCUT2D eigenvalue weighted by atomic mass is 10.1. The van der Waals surface area contributed by atoms with Crippen molar-refractivity contribution in [1.82, 2.24) is 10.2 Å². The Hall–Kier alpha value is -1.27. The van der Waals surface area contributed by atoms with Crippen LogP contribution in [0.1, 0.15) is 16.6 Å². The highest BCUT2D eigenvalue weighted by Crippen LogP contribution is 2.34. The molecule has 0 aliphatic rings. The first-order chi connectivity index (χ1) is 10.1. The lowest BCUT2D eigenvalue weighted by Gasteiger charge is -2.07. The fourth-order valence-electron chi connectivity index (χ4n) is 1.93. The van der Waals surface area contributed by atoms with Gasteiger partial charge in [0.15, 0.2) is 0 Å². The van der Waals surface area contributed by atoms with Crippen LogP contribution in [0.4, 0.5) is 0 Å². The first-order valence-corrected chi connectivity index (χ1v) is 8.23. The van der Waals surface area contributed by atoms with Crippen molar-refractivity contribution >= 4 is 38.9 Å². The van der Waals surface area contributed by atoms with E-state index in [0.717, 1.165) is 25.6 Å². The SMILES string of the molecule is NC(c1ccccc1)c1nnc(-c2ccc(Br)cc2Cl)s1. The van der Waals surface area contributed by atoms with Gasteiger partial charge in [-0.2, -0.15) is 0 Å². The third-order valence-electron chi connectivity index (χ3n) is 3.03. The summed E-state index contributed by atoms with van der Waals surface area (Å²) in [6, 6.07) is 15.3. The van der Waals surface area contributed by atoms with E-state index in [2.05, 4.69) is 26.1 Å². The molecule has 0 radical (unpaired) electrons. The highest BCUT2D eigenvalue weighted by Gasteiger charge is 2.16. The smallest absolute Gasteiger partial charge is 0.149 e. The van der Waals surface area contributed by atoms with Crippen molar-refractivity contribution in [2.75, 3.05) is 0 Å². The summed E-state index contributed by atoms with van der Waals surface area (Å²) < 4.78 is 0.932. The summed E-state index contributed by atoms with van der Waals surface area (Å²) in [6.07, 6.45) is 0. The van der Waals surface area contributed by atoms with Crippen LogP contribution in [-0.2, 0) is 0 Å². The molecule has 0 fully saturated rings. The lowest BCUT2D eigenvalue weighted by molar-refractivity contribution is 0.831. The normalized spacial score (nSPS) is 12.3. The summed E-state index contributed by atoms with van der Waals surface area (Å²) >= 11 is 11.1. The van der Waals surface area contributed by atoms with E-state index < -0.39 is 0 Å². The Balaban J connectivity index is 1.93. The average molecular weight is 381 g/mol. The summed E-state index contributed by atoms with van der Waals surface area (Å²) in [7, 11) is 0. The van der Waals surface area contributed by atoms with Gasteiger partial charge in [0.05, 0.1) is 11.1 Å². The van der Waals surface area contributed by atoms with Crippen molar-refractivity contribution < 1.29 is 0 Å². The largest absolute Gasteiger partial charge is 0.318 e. The van der Waals surface area contributed by atoms with Gasteiger partial charge >= 0.3 is 0 Å². The van der Waals surface area contributed by atoms with Crippen molar-refractivity contribution in [2.24, 2.45) is 5.73 Å². The summed E-state index contributed by atoms with van der Waals surface area (Å²) in [5.74, 6) is 0. The predicted molar refractivity (Wildman–Crippen MR) is 90.5 cm³/mol. The zero-order valence-corrected chi connectivity index (χ0v) is 14.0. The molecule has 3 aromatic rings. The Labute approximate surface area is 139 Å². The van der Waals surface area contributed by atoms with Gasteiger partial charge in [-0.05, 0) is 23.8 Å². The minimum atomic E-state index is -0.272. The third kappa shape index (κ3) is 3.16. The van der Waals surface area contributed by atoms with E-state index in [-0.39, 0.29) is 6.04 Å². The molecule has 1 atom stereocenters. The second-order valence-corrected chi connectivity index (χ2v) is 6.79. The van der Waals surface area contributed by atoms with E-state index in [1.165, 1.54) is 11.3 Å². The molecule has 0 bridgehead atoms. The molecule has 0 saturated carbocycles. The first-order valence-electron chi connectivity index (χ1n) is 6.24. The van der Waals surface area contributed by atoms with Gasteiger partial charge in [0.2, 0.25) is 0 Å². The van der Waals surface area contributed by atoms with E-state index >= 15 is 0 Å². The molecule has 2 aromatic carbocycles. The van der Waals surface area contributed by atoms with E-state index in [1.54, 1.807) is 0 Å².